The number of likely N-dealkylation sites (tertiary alicyclic amines) is 1. The summed E-state index contributed by atoms with van der Waals surface area (Å²) in [6.45, 7) is 7.36. The lowest BCUT2D eigenvalue weighted by Crippen LogP contribution is -2.52. The van der Waals surface area contributed by atoms with Crippen molar-refractivity contribution in [3.8, 4) is 0 Å². The molecule has 0 saturated carbocycles. The third-order valence-electron chi connectivity index (χ3n) is 2.78. The highest BCUT2D eigenvalue weighted by molar-refractivity contribution is 5.69. The molecule has 2 rings (SSSR count). The molecular formula is C12H20N4O2. The van der Waals surface area contributed by atoms with Crippen LogP contribution in [0.2, 0.25) is 0 Å². The number of hydrogen-bond acceptors (Lipinski definition) is 4. The first-order chi connectivity index (χ1) is 8.39. The zero-order valence-corrected chi connectivity index (χ0v) is 11.1. The van der Waals surface area contributed by atoms with E-state index in [1.54, 1.807) is 11.1 Å². The first kappa shape index (κ1) is 12.9. The molecule has 100 valence electrons. The molecule has 6 nitrogen and oxygen atoms in total. The lowest BCUT2D eigenvalue weighted by atomic mass is 10.1. The van der Waals surface area contributed by atoms with Crippen LogP contribution in [0.3, 0.4) is 0 Å². The van der Waals surface area contributed by atoms with Crippen molar-refractivity contribution in [2.45, 2.75) is 39.0 Å². The molecule has 1 fully saturated rings. The number of rotatable bonds is 2. The van der Waals surface area contributed by atoms with Crippen LogP contribution in [0.4, 0.5) is 4.79 Å². The average Bonchev–Trinajstić information content (AvgIpc) is 2.60. The largest absolute Gasteiger partial charge is 0.444 e. The Labute approximate surface area is 107 Å². The molecule has 1 aromatic heterocycles. The molecule has 18 heavy (non-hydrogen) atoms. The third-order valence-corrected chi connectivity index (χ3v) is 2.78. The molecule has 0 aliphatic carbocycles. The quantitative estimate of drug-likeness (QED) is 0.856. The summed E-state index contributed by atoms with van der Waals surface area (Å²) in [5.74, 6) is 0. The molecule has 1 amide bonds. The Morgan fingerprint density at radius 3 is 2.72 bits per heavy atom. The Morgan fingerprint density at radius 2 is 2.22 bits per heavy atom. The van der Waals surface area contributed by atoms with E-state index in [9.17, 15) is 4.79 Å². The molecule has 0 aromatic carbocycles. The predicted octanol–water partition coefficient (Wildman–Crippen LogP) is 1.13. The van der Waals surface area contributed by atoms with Crippen molar-refractivity contribution in [3.63, 3.8) is 0 Å². The summed E-state index contributed by atoms with van der Waals surface area (Å²) in [4.78, 5) is 13.4. The van der Waals surface area contributed by atoms with Crippen LogP contribution < -0.4 is 5.73 Å². The number of amides is 1. The van der Waals surface area contributed by atoms with E-state index in [-0.39, 0.29) is 12.1 Å². The lowest BCUT2D eigenvalue weighted by Gasteiger charge is -2.39. The van der Waals surface area contributed by atoms with Crippen LogP contribution in [0, 0.1) is 0 Å². The average molecular weight is 252 g/mol. The second-order valence-corrected chi connectivity index (χ2v) is 5.57. The Hall–Kier alpha value is -1.56. The van der Waals surface area contributed by atoms with Gasteiger partial charge in [0.15, 0.2) is 0 Å². The Morgan fingerprint density at radius 1 is 1.56 bits per heavy atom. The molecule has 0 radical (unpaired) electrons. The second kappa shape index (κ2) is 4.61. The van der Waals surface area contributed by atoms with Crippen molar-refractivity contribution < 1.29 is 9.53 Å². The van der Waals surface area contributed by atoms with Crippen LogP contribution in [0.5, 0.6) is 0 Å². The smallest absolute Gasteiger partial charge is 0.410 e. The van der Waals surface area contributed by atoms with E-state index in [1.165, 1.54) is 0 Å². The van der Waals surface area contributed by atoms with Gasteiger partial charge in [0.05, 0.1) is 12.2 Å². The fourth-order valence-electron chi connectivity index (χ4n) is 1.78. The van der Waals surface area contributed by atoms with Crippen LogP contribution in [-0.4, -0.2) is 39.5 Å². The molecule has 2 N–H and O–H groups in total. The van der Waals surface area contributed by atoms with Gasteiger partial charge in [-0.3, -0.25) is 4.68 Å². The normalized spacial score (nSPS) is 16.6. The minimum atomic E-state index is -0.444. The van der Waals surface area contributed by atoms with Crippen molar-refractivity contribution in [1.29, 1.82) is 0 Å². The van der Waals surface area contributed by atoms with Gasteiger partial charge in [-0.25, -0.2) is 4.79 Å². The molecule has 1 aliphatic rings. The van der Waals surface area contributed by atoms with Gasteiger partial charge in [-0.1, -0.05) is 0 Å². The van der Waals surface area contributed by atoms with E-state index in [4.69, 9.17) is 10.5 Å². The monoisotopic (exact) mass is 252 g/mol. The van der Waals surface area contributed by atoms with Crippen molar-refractivity contribution in [3.05, 3.63) is 18.0 Å². The number of nitrogens with two attached hydrogens (primary N) is 1. The molecule has 0 unspecified atom stereocenters. The van der Waals surface area contributed by atoms with Gasteiger partial charge in [-0.05, 0) is 20.8 Å². The maximum absolute atomic E-state index is 11.7. The van der Waals surface area contributed by atoms with E-state index in [2.05, 4.69) is 5.10 Å². The molecule has 1 saturated heterocycles. The molecule has 0 atom stereocenters. The standard InChI is InChI=1S/C12H20N4O2/c1-12(2,3)18-11(17)15-7-10(8-15)16-6-9(4-13)5-14-16/h5-6,10H,4,7-8,13H2,1-3H3. The fraction of sp³-hybridized carbons (Fsp3) is 0.667. The lowest BCUT2D eigenvalue weighted by molar-refractivity contribution is -0.000393. The number of ether oxygens (including phenoxy) is 1. The Balaban J connectivity index is 1.85. The van der Waals surface area contributed by atoms with Crippen LogP contribution in [-0.2, 0) is 11.3 Å². The predicted molar refractivity (Wildman–Crippen MR) is 67.0 cm³/mol. The van der Waals surface area contributed by atoms with Crippen LogP contribution in [0.15, 0.2) is 12.4 Å². The highest BCUT2D eigenvalue weighted by Gasteiger charge is 2.35. The highest BCUT2D eigenvalue weighted by Crippen LogP contribution is 2.23. The third kappa shape index (κ3) is 2.81. The summed E-state index contributed by atoms with van der Waals surface area (Å²) in [7, 11) is 0. The van der Waals surface area contributed by atoms with E-state index in [0.717, 1.165) is 5.56 Å². The summed E-state index contributed by atoms with van der Waals surface area (Å²) >= 11 is 0. The maximum atomic E-state index is 11.7. The van der Waals surface area contributed by atoms with Crippen LogP contribution in [0.25, 0.3) is 0 Å². The van der Waals surface area contributed by atoms with Gasteiger partial charge in [-0.2, -0.15) is 5.10 Å². The highest BCUT2D eigenvalue weighted by atomic mass is 16.6. The summed E-state index contributed by atoms with van der Waals surface area (Å²) in [5.41, 5.74) is 6.09. The van der Waals surface area contributed by atoms with Gasteiger partial charge in [0.25, 0.3) is 0 Å². The fourth-order valence-corrected chi connectivity index (χ4v) is 1.78. The van der Waals surface area contributed by atoms with Gasteiger partial charge < -0.3 is 15.4 Å². The summed E-state index contributed by atoms with van der Waals surface area (Å²) in [5, 5.41) is 4.24. The van der Waals surface area contributed by atoms with Gasteiger partial charge in [-0.15, -0.1) is 0 Å². The molecule has 2 heterocycles. The Kier molecular flexibility index (Phi) is 3.30. The van der Waals surface area contributed by atoms with Crippen molar-refractivity contribution in [2.75, 3.05) is 13.1 Å². The van der Waals surface area contributed by atoms with Gasteiger partial charge in [0, 0.05) is 31.4 Å². The van der Waals surface area contributed by atoms with Crippen LogP contribution in [0.1, 0.15) is 32.4 Å². The number of nitrogens with zero attached hydrogens (tertiary/aromatic N) is 3. The maximum Gasteiger partial charge on any atom is 0.410 e. The van der Waals surface area contributed by atoms with Gasteiger partial charge in [0.1, 0.15) is 5.60 Å². The molecule has 0 spiro atoms. The molecule has 1 aromatic rings. The minimum absolute atomic E-state index is 0.234. The number of aromatic nitrogens is 2. The zero-order valence-electron chi connectivity index (χ0n) is 11.1. The Bertz CT molecular complexity index is 430. The van der Waals surface area contributed by atoms with Crippen molar-refractivity contribution in [1.82, 2.24) is 14.7 Å². The van der Waals surface area contributed by atoms with Gasteiger partial charge >= 0.3 is 6.09 Å². The number of carbonyl (C=O) groups is 1. The topological polar surface area (TPSA) is 73.4 Å². The van der Waals surface area contributed by atoms with E-state index in [0.29, 0.717) is 19.6 Å². The minimum Gasteiger partial charge on any atom is -0.444 e. The first-order valence-corrected chi connectivity index (χ1v) is 6.10. The first-order valence-electron chi connectivity index (χ1n) is 6.10. The molecule has 0 bridgehead atoms. The number of carbonyl (C=O) groups excluding carboxylic acids is 1. The molecule has 1 aliphatic heterocycles. The molecule has 6 heteroatoms. The number of hydrogen-bond donors (Lipinski definition) is 1. The van der Waals surface area contributed by atoms with E-state index >= 15 is 0 Å². The van der Waals surface area contributed by atoms with Crippen LogP contribution >= 0.6 is 0 Å². The molecular weight excluding hydrogens is 232 g/mol. The van der Waals surface area contributed by atoms with Crippen molar-refractivity contribution >= 4 is 6.09 Å². The zero-order chi connectivity index (χ0) is 13.3. The summed E-state index contributed by atoms with van der Waals surface area (Å²) in [6.07, 6.45) is 3.43. The second-order valence-electron chi connectivity index (χ2n) is 5.57. The van der Waals surface area contributed by atoms with E-state index in [1.807, 2.05) is 31.6 Å². The van der Waals surface area contributed by atoms with E-state index < -0.39 is 5.60 Å². The summed E-state index contributed by atoms with van der Waals surface area (Å²) < 4.78 is 7.15. The van der Waals surface area contributed by atoms with Gasteiger partial charge in [0.2, 0.25) is 0 Å². The SMILES string of the molecule is CC(C)(C)OC(=O)N1CC(n2cc(CN)cn2)C1. The summed E-state index contributed by atoms with van der Waals surface area (Å²) in [6, 6.07) is 0.234. The van der Waals surface area contributed by atoms with Crippen molar-refractivity contribution in [2.24, 2.45) is 5.73 Å².